The Labute approximate surface area is 139 Å². The molecule has 0 atom stereocenters. The van der Waals surface area contributed by atoms with Crippen LogP contribution in [0.15, 0.2) is 46.9 Å². The van der Waals surface area contributed by atoms with E-state index in [9.17, 15) is 4.79 Å². The Morgan fingerprint density at radius 3 is 2.62 bits per heavy atom. The van der Waals surface area contributed by atoms with E-state index in [1.54, 1.807) is 32.2 Å². The summed E-state index contributed by atoms with van der Waals surface area (Å²) in [6, 6.07) is 12.8. The molecule has 124 valence electrons. The van der Waals surface area contributed by atoms with Crippen LogP contribution in [0.25, 0.3) is 11.0 Å². The zero-order chi connectivity index (χ0) is 17.1. The molecule has 1 heterocycles. The number of methoxy groups -OCH3 is 1. The Bertz CT molecular complexity index is 865. The smallest absolute Gasteiger partial charge is 0.259 e. The van der Waals surface area contributed by atoms with E-state index in [0.717, 1.165) is 10.9 Å². The lowest BCUT2D eigenvalue weighted by molar-refractivity contribution is 0.102. The van der Waals surface area contributed by atoms with Crippen LogP contribution in [0.3, 0.4) is 0 Å². The van der Waals surface area contributed by atoms with Crippen LogP contribution in [-0.2, 0) is 6.42 Å². The second-order valence-corrected chi connectivity index (χ2v) is 5.52. The maximum Gasteiger partial charge on any atom is 0.259 e. The Morgan fingerprint density at radius 2 is 1.96 bits per heavy atom. The molecule has 0 saturated heterocycles. The first-order valence-electron chi connectivity index (χ1n) is 7.70. The minimum Gasteiger partial charge on any atom is -0.497 e. The number of carbonyl (C=O) groups excluding carboxylic acids is 1. The standard InChI is InChI=1S/C19H19NO4/c1-12-18(16-11-15(23-2)7-8-17(16)24-12)19(22)20-14-5-3-13(4-6-14)9-10-21/h3-8,11,21H,9-10H2,1-2H3,(H,20,22). The third kappa shape index (κ3) is 3.12. The number of nitrogens with one attached hydrogen (secondary N) is 1. The lowest BCUT2D eigenvalue weighted by Gasteiger charge is -2.06. The van der Waals surface area contributed by atoms with Crippen LogP contribution in [0.5, 0.6) is 5.75 Å². The van der Waals surface area contributed by atoms with Crippen molar-refractivity contribution in [2.75, 3.05) is 19.0 Å². The van der Waals surface area contributed by atoms with Gasteiger partial charge in [0.1, 0.15) is 17.1 Å². The first-order chi connectivity index (χ1) is 11.6. The van der Waals surface area contributed by atoms with Crippen molar-refractivity contribution in [2.24, 2.45) is 0 Å². The van der Waals surface area contributed by atoms with Gasteiger partial charge in [0.15, 0.2) is 0 Å². The fourth-order valence-electron chi connectivity index (χ4n) is 2.69. The molecule has 0 saturated carbocycles. The molecule has 0 aliphatic carbocycles. The van der Waals surface area contributed by atoms with Crippen LogP contribution in [0.2, 0.25) is 0 Å². The number of furan rings is 1. The topological polar surface area (TPSA) is 71.7 Å². The summed E-state index contributed by atoms with van der Waals surface area (Å²) in [6.45, 7) is 1.87. The van der Waals surface area contributed by atoms with E-state index in [1.807, 2.05) is 24.3 Å². The summed E-state index contributed by atoms with van der Waals surface area (Å²) in [4.78, 5) is 12.7. The second kappa shape index (κ2) is 6.76. The minimum absolute atomic E-state index is 0.105. The predicted octanol–water partition coefficient (Wildman–Crippen LogP) is 3.54. The van der Waals surface area contributed by atoms with Gasteiger partial charge >= 0.3 is 0 Å². The van der Waals surface area contributed by atoms with Gasteiger partial charge in [-0.1, -0.05) is 12.1 Å². The average molecular weight is 325 g/mol. The molecule has 0 radical (unpaired) electrons. The van der Waals surface area contributed by atoms with Gasteiger partial charge in [0.25, 0.3) is 5.91 Å². The van der Waals surface area contributed by atoms with Gasteiger partial charge in [0.2, 0.25) is 0 Å². The molecule has 0 spiro atoms. The molecule has 0 fully saturated rings. The fraction of sp³-hybridized carbons (Fsp3) is 0.211. The van der Waals surface area contributed by atoms with Gasteiger partial charge in [0.05, 0.1) is 12.7 Å². The van der Waals surface area contributed by atoms with Gasteiger partial charge in [-0.2, -0.15) is 0 Å². The Morgan fingerprint density at radius 1 is 1.21 bits per heavy atom. The molecule has 0 bridgehead atoms. The summed E-state index contributed by atoms with van der Waals surface area (Å²) in [5.74, 6) is 1.01. The summed E-state index contributed by atoms with van der Waals surface area (Å²) in [7, 11) is 1.59. The van der Waals surface area contributed by atoms with Crippen LogP contribution in [0.4, 0.5) is 5.69 Å². The van der Waals surface area contributed by atoms with Crippen molar-refractivity contribution in [3.05, 3.63) is 59.4 Å². The van der Waals surface area contributed by atoms with Crippen LogP contribution in [-0.4, -0.2) is 24.7 Å². The molecular formula is C19H19NO4. The first kappa shape index (κ1) is 16.1. The van der Waals surface area contributed by atoms with Crippen molar-refractivity contribution in [3.63, 3.8) is 0 Å². The third-order valence-electron chi connectivity index (χ3n) is 3.91. The summed E-state index contributed by atoms with van der Waals surface area (Å²) < 4.78 is 10.9. The molecule has 2 aromatic carbocycles. The quantitative estimate of drug-likeness (QED) is 0.753. The Hall–Kier alpha value is -2.79. The monoisotopic (exact) mass is 325 g/mol. The van der Waals surface area contributed by atoms with E-state index in [4.69, 9.17) is 14.3 Å². The number of aryl methyl sites for hydroxylation is 1. The summed E-state index contributed by atoms with van der Waals surface area (Å²) in [6.07, 6.45) is 0.597. The number of rotatable bonds is 5. The third-order valence-corrected chi connectivity index (χ3v) is 3.91. The van der Waals surface area contributed by atoms with Gasteiger partial charge in [-0.3, -0.25) is 4.79 Å². The van der Waals surface area contributed by atoms with Gasteiger partial charge < -0.3 is 19.6 Å². The van der Waals surface area contributed by atoms with Gasteiger partial charge in [-0.05, 0) is 49.2 Å². The second-order valence-electron chi connectivity index (χ2n) is 5.52. The largest absolute Gasteiger partial charge is 0.497 e. The summed E-state index contributed by atoms with van der Waals surface area (Å²) in [5, 5.41) is 12.5. The molecule has 3 aromatic rings. The van der Waals surface area contributed by atoms with Crippen LogP contribution in [0, 0.1) is 6.92 Å². The van der Waals surface area contributed by atoms with E-state index in [-0.39, 0.29) is 12.5 Å². The zero-order valence-corrected chi connectivity index (χ0v) is 13.6. The number of hydrogen-bond donors (Lipinski definition) is 2. The predicted molar refractivity (Wildman–Crippen MR) is 92.7 cm³/mol. The minimum atomic E-state index is -0.227. The normalized spacial score (nSPS) is 10.8. The number of carbonyl (C=O) groups is 1. The number of hydrogen-bond acceptors (Lipinski definition) is 4. The van der Waals surface area contributed by atoms with Crippen molar-refractivity contribution in [1.29, 1.82) is 0 Å². The molecular weight excluding hydrogens is 306 g/mol. The van der Waals surface area contributed by atoms with E-state index in [2.05, 4.69) is 5.32 Å². The van der Waals surface area contributed by atoms with E-state index in [0.29, 0.717) is 34.8 Å². The molecule has 0 unspecified atom stereocenters. The number of benzene rings is 2. The highest BCUT2D eigenvalue weighted by molar-refractivity contribution is 6.13. The SMILES string of the molecule is COc1ccc2oc(C)c(C(=O)Nc3ccc(CCO)cc3)c2c1. The van der Waals surface area contributed by atoms with Crippen molar-refractivity contribution < 1.29 is 19.1 Å². The lowest BCUT2D eigenvalue weighted by Crippen LogP contribution is -2.12. The molecule has 0 aliphatic heterocycles. The molecule has 5 nitrogen and oxygen atoms in total. The van der Waals surface area contributed by atoms with Crippen molar-refractivity contribution in [1.82, 2.24) is 0 Å². The summed E-state index contributed by atoms with van der Waals surface area (Å²) >= 11 is 0. The molecule has 1 aromatic heterocycles. The number of amides is 1. The van der Waals surface area contributed by atoms with Gasteiger partial charge in [0, 0.05) is 17.7 Å². The number of ether oxygens (including phenoxy) is 1. The molecule has 1 amide bonds. The molecule has 5 heteroatoms. The molecule has 24 heavy (non-hydrogen) atoms. The Balaban J connectivity index is 1.89. The highest BCUT2D eigenvalue weighted by Crippen LogP contribution is 2.29. The zero-order valence-electron chi connectivity index (χ0n) is 13.6. The van der Waals surface area contributed by atoms with Gasteiger partial charge in [-0.15, -0.1) is 0 Å². The van der Waals surface area contributed by atoms with E-state index >= 15 is 0 Å². The number of fused-ring (bicyclic) bond motifs is 1. The van der Waals surface area contributed by atoms with Crippen LogP contribution < -0.4 is 10.1 Å². The maximum absolute atomic E-state index is 12.7. The highest BCUT2D eigenvalue weighted by Gasteiger charge is 2.19. The van der Waals surface area contributed by atoms with E-state index < -0.39 is 0 Å². The maximum atomic E-state index is 12.7. The molecule has 2 N–H and O–H groups in total. The molecule has 0 aliphatic rings. The number of aliphatic hydroxyl groups excluding tert-OH is 1. The number of anilines is 1. The lowest BCUT2D eigenvalue weighted by atomic mass is 10.1. The van der Waals surface area contributed by atoms with Crippen LogP contribution in [0.1, 0.15) is 21.7 Å². The van der Waals surface area contributed by atoms with Crippen molar-refractivity contribution >= 4 is 22.6 Å². The molecule has 3 rings (SSSR count). The summed E-state index contributed by atoms with van der Waals surface area (Å²) in [5.41, 5.74) is 2.86. The Kier molecular flexibility index (Phi) is 4.53. The number of aliphatic hydroxyl groups is 1. The van der Waals surface area contributed by atoms with E-state index in [1.165, 1.54) is 0 Å². The van der Waals surface area contributed by atoms with Crippen LogP contribution >= 0.6 is 0 Å². The fourth-order valence-corrected chi connectivity index (χ4v) is 2.69. The van der Waals surface area contributed by atoms with Crippen molar-refractivity contribution in [3.8, 4) is 5.75 Å². The highest BCUT2D eigenvalue weighted by atomic mass is 16.5. The first-order valence-corrected chi connectivity index (χ1v) is 7.70. The average Bonchev–Trinajstić information content (AvgIpc) is 2.91. The van der Waals surface area contributed by atoms with Gasteiger partial charge in [-0.25, -0.2) is 0 Å². The van der Waals surface area contributed by atoms with Crippen molar-refractivity contribution in [2.45, 2.75) is 13.3 Å².